The first-order valence-corrected chi connectivity index (χ1v) is 4.52. The molecule has 1 aromatic heterocycles. The molecule has 0 saturated heterocycles. The standard InChI is InChI=1S/C10H14N2O3/c1-10(2,3)15-12-9(14)8-7(13)5-4-6-11-8/h4-6,13H,1-3H3,(H,12,14). The first-order chi connectivity index (χ1) is 6.90. The lowest BCUT2D eigenvalue weighted by atomic mass is 10.2. The van der Waals surface area contributed by atoms with Crippen LogP contribution < -0.4 is 5.48 Å². The highest BCUT2D eigenvalue weighted by atomic mass is 16.7. The minimum absolute atomic E-state index is 0.0539. The smallest absolute Gasteiger partial charge is 0.297 e. The van der Waals surface area contributed by atoms with Crippen molar-refractivity contribution in [1.82, 2.24) is 10.5 Å². The van der Waals surface area contributed by atoms with Crippen molar-refractivity contribution in [3.63, 3.8) is 0 Å². The van der Waals surface area contributed by atoms with Crippen molar-refractivity contribution in [3.05, 3.63) is 24.0 Å². The van der Waals surface area contributed by atoms with E-state index in [0.29, 0.717) is 0 Å². The molecule has 0 bridgehead atoms. The Morgan fingerprint density at radius 1 is 1.53 bits per heavy atom. The van der Waals surface area contributed by atoms with Gasteiger partial charge in [0.15, 0.2) is 5.69 Å². The van der Waals surface area contributed by atoms with Crippen LogP contribution >= 0.6 is 0 Å². The fourth-order valence-electron chi connectivity index (χ4n) is 0.820. The van der Waals surface area contributed by atoms with E-state index in [4.69, 9.17) is 4.84 Å². The number of nitrogens with one attached hydrogen (secondary N) is 1. The molecule has 1 rings (SSSR count). The van der Waals surface area contributed by atoms with Gasteiger partial charge >= 0.3 is 0 Å². The number of aromatic hydroxyl groups is 1. The van der Waals surface area contributed by atoms with Gasteiger partial charge in [0.25, 0.3) is 5.91 Å². The van der Waals surface area contributed by atoms with Crippen LogP contribution in [0, 0.1) is 0 Å². The molecular formula is C10H14N2O3. The topological polar surface area (TPSA) is 71.5 Å². The third kappa shape index (κ3) is 3.55. The average Bonchev–Trinajstić information content (AvgIpc) is 2.14. The zero-order valence-electron chi connectivity index (χ0n) is 8.94. The maximum Gasteiger partial charge on any atom is 0.297 e. The summed E-state index contributed by atoms with van der Waals surface area (Å²) in [6, 6.07) is 2.93. The Labute approximate surface area is 88.0 Å². The third-order valence-corrected chi connectivity index (χ3v) is 1.45. The van der Waals surface area contributed by atoms with Crippen molar-refractivity contribution in [2.24, 2.45) is 0 Å². The Hall–Kier alpha value is -1.62. The summed E-state index contributed by atoms with van der Waals surface area (Å²) in [4.78, 5) is 20.2. The zero-order valence-corrected chi connectivity index (χ0v) is 8.94. The molecule has 15 heavy (non-hydrogen) atoms. The third-order valence-electron chi connectivity index (χ3n) is 1.45. The largest absolute Gasteiger partial charge is 0.505 e. The van der Waals surface area contributed by atoms with E-state index < -0.39 is 11.5 Å². The number of carbonyl (C=O) groups is 1. The number of aromatic nitrogens is 1. The number of hydrogen-bond acceptors (Lipinski definition) is 4. The van der Waals surface area contributed by atoms with Gasteiger partial charge in [0.05, 0.1) is 5.60 Å². The Balaban J connectivity index is 2.66. The Bertz CT molecular complexity index is 358. The average molecular weight is 210 g/mol. The molecule has 0 aromatic carbocycles. The zero-order chi connectivity index (χ0) is 11.5. The molecule has 0 radical (unpaired) electrons. The summed E-state index contributed by atoms with van der Waals surface area (Å²) in [5, 5.41) is 9.33. The lowest BCUT2D eigenvalue weighted by molar-refractivity contribution is -0.0592. The highest BCUT2D eigenvalue weighted by Gasteiger charge is 2.16. The van der Waals surface area contributed by atoms with E-state index in [1.807, 2.05) is 0 Å². The van der Waals surface area contributed by atoms with Gasteiger partial charge < -0.3 is 5.11 Å². The molecule has 5 heteroatoms. The molecular weight excluding hydrogens is 196 g/mol. The van der Waals surface area contributed by atoms with E-state index in [9.17, 15) is 9.90 Å². The van der Waals surface area contributed by atoms with E-state index in [1.165, 1.54) is 18.3 Å². The summed E-state index contributed by atoms with van der Waals surface area (Å²) in [5.41, 5.74) is 1.68. The van der Waals surface area contributed by atoms with Crippen molar-refractivity contribution in [3.8, 4) is 5.75 Å². The molecule has 0 aliphatic heterocycles. The molecule has 0 fully saturated rings. The van der Waals surface area contributed by atoms with E-state index in [1.54, 1.807) is 20.8 Å². The molecule has 0 aliphatic rings. The molecule has 0 saturated carbocycles. The van der Waals surface area contributed by atoms with Gasteiger partial charge in [-0.3, -0.25) is 9.63 Å². The summed E-state index contributed by atoms with van der Waals surface area (Å²) in [5.74, 6) is -0.740. The van der Waals surface area contributed by atoms with Gasteiger partial charge in [0.2, 0.25) is 0 Å². The van der Waals surface area contributed by atoms with Crippen molar-refractivity contribution >= 4 is 5.91 Å². The van der Waals surface area contributed by atoms with Gasteiger partial charge in [-0.25, -0.2) is 10.5 Å². The summed E-state index contributed by atoms with van der Waals surface area (Å²) >= 11 is 0. The van der Waals surface area contributed by atoms with Crippen LogP contribution in [-0.4, -0.2) is 21.6 Å². The van der Waals surface area contributed by atoms with E-state index in [2.05, 4.69) is 10.5 Å². The monoisotopic (exact) mass is 210 g/mol. The molecule has 5 nitrogen and oxygen atoms in total. The van der Waals surface area contributed by atoms with Gasteiger partial charge in [-0.05, 0) is 32.9 Å². The summed E-state index contributed by atoms with van der Waals surface area (Å²) in [6.45, 7) is 5.39. The first kappa shape index (κ1) is 11.5. The number of nitrogens with zero attached hydrogens (tertiary/aromatic N) is 1. The van der Waals surface area contributed by atoms with Crippen LogP contribution in [0.2, 0.25) is 0 Å². The number of hydroxylamine groups is 1. The Morgan fingerprint density at radius 2 is 2.20 bits per heavy atom. The van der Waals surface area contributed by atoms with Crippen LogP contribution in [0.4, 0.5) is 0 Å². The number of carbonyl (C=O) groups excluding carboxylic acids is 1. The van der Waals surface area contributed by atoms with E-state index >= 15 is 0 Å². The van der Waals surface area contributed by atoms with Gasteiger partial charge in [-0.2, -0.15) is 0 Å². The highest BCUT2D eigenvalue weighted by Crippen LogP contribution is 2.12. The normalized spacial score (nSPS) is 11.1. The number of rotatable bonds is 2. The van der Waals surface area contributed by atoms with Gasteiger partial charge in [-0.1, -0.05) is 0 Å². The van der Waals surface area contributed by atoms with Crippen molar-refractivity contribution in [1.29, 1.82) is 0 Å². The molecule has 0 aliphatic carbocycles. The van der Waals surface area contributed by atoms with Gasteiger partial charge in [-0.15, -0.1) is 0 Å². The molecule has 1 heterocycles. The lowest BCUT2D eigenvalue weighted by Gasteiger charge is -2.18. The van der Waals surface area contributed by atoms with Crippen molar-refractivity contribution in [2.75, 3.05) is 0 Å². The molecule has 1 amide bonds. The minimum Gasteiger partial charge on any atom is -0.505 e. The molecule has 1 aromatic rings. The minimum atomic E-state index is -0.567. The SMILES string of the molecule is CC(C)(C)ONC(=O)c1ncccc1O. The fourth-order valence-corrected chi connectivity index (χ4v) is 0.820. The maximum absolute atomic E-state index is 11.5. The number of hydrogen-bond donors (Lipinski definition) is 2. The molecule has 82 valence electrons. The molecule has 0 unspecified atom stereocenters. The van der Waals surface area contributed by atoms with Crippen LogP contribution in [0.15, 0.2) is 18.3 Å². The maximum atomic E-state index is 11.5. The van der Waals surface area contributed by atoms with Crippen LogP contribution in [0.25, 0.3) is 0 Å². The second-order valence-corrected chi connectivity index (χ2v) is 4.02. The molecule has 2 N–H and O–H groups in total. The molecule has 0 spiro atoms. The van der Waals surface area contributed by atoms with E-state index in [-0.39, 0.29) is 11.4 Å². The summed E-state index contributed by atoms with van der Waals surface area (Å²) in [6.07, 6.45) is 1.42. The number of amides is 1. The highest BCUT2D eigenvalue weighted by molar-refractivity contribution is 5.93. The predicted octanol–water partition coefficient (Wildman–Crippen LogP) is 1.25. The summed E-state index contributed by atoms with van der Waals surface area (Å²) < 4.78 is 0. The van der Waals surface area contributed by atoms with E-state index in [0.717, 1.165) is 0 Å². The predicted molar refractivity (Wildman–Crippen MR) is 54.2 cm³/mol. The molecule has 0 atom stereocenters. The van der Waals surface area contributed by atoms with Gasteiger partial charge in [0, 0.05) is 6.20 Å². The van der Waals surface area contributed by atoms with Crippen molar-refractivity contribution in [2.45, 2.75) is 26.4 Å². The fraction of sp³-hybridized carbons (Fsp3) is 0.400. The second-order valence-electron chi connectivity index (χ2n) is 4.02. The lowest BCUT2D eigenvalue weighted by Crippen LogP contribution is -2.33. The van der Waals surface area contributed by atoms with Gasteiger partial charge in [0.1, 0.15) is 5.75 Å². The Morgan fingerprint density at radius 3 is 2.73 bits per heavy atom. The van der Waals surface area contributed by atoms with Crippen LogP contribution in [0.1, 0.15) is 31.3 Å². The first-order valence-electron chi connectivity index (χ1n) is 4.52. The summed E-state index contributed by atoms with van der Waals surface area (Å²) in [7, 11) is 0. The quantitative estimate of drug-likeness (QED) is 0.720. The van der Waals surface area contributed by atoms with Crippen LogP contribution in [-0.2, 0) is 4.84 Å². The van der Waals surface area contributed by atoms with Crippen LogP contribution in [0.5, 0.6) is 5.75 Å². The van der Waals surface area contributed by atoms with Crippen LogP contribution in [0.3, 0.4) is 0 Å². The van der Waals surface area contributed by atoms with Crippen molar-refractivity contribution < 1.29 is 14.7 Å². The number of pyridine rings is 1. The Kier molecular flexibility index (Phi) is 3.26. The second kappa shape index (κ2) is 4.27.